The van der Waals surface area contributed by atoms with E-state index in [4.69, 9.17) is 10.5 Å². The van der Waals surface area contributed by atoms with E-state index in [1.807, 2.05) is 26.0 Å². The largest absolute Gasteiger partial charge is 0.465 e. The molecule has 16 heavy (non-hydrogen) atoms. The smallest absolute Gasteiger partial charge is 0.338 e. The van der Waals surface area contributed by atoms with Crippen LogP contribution in [0.25, 0.3) is 0 Å². The molecule has 0 radical (unpaired) electrons. The van der Waals surface area contributed by atoms with Crippen molar-refractivity contribution in [2.75, 3.05) is 7.11 Å². The van der Waals surface area contributed by atoms with Gasteiger partial charge in [-0.15, -0.1) is 0 Å². The SMILES string of the molecule is COC(=O)c1cc(C2(N)CC2)c(C)cc1C. The monoisotopic (exact) mass is 219 g/mol. The summed E-state index contributed by atoms with van der Waals surface area (Å²) in [6, 6.07) is 3.90. The van der Waals surface area contributed by atoms with Gasteiger partial charge in [0.15, 0.2) is 0 Å². The number of hydrogen-bond donors (Lipinski definition) is 1. The van der Waals surface area contributed by atoms with Crippen LogP contribution >= 0.6 is 0 Å². The highest BCUT2D eigenvalue weighted by molar-refractivity contribution is 5.91. The van der Waals surface area contributed by atoms with E-state index in [1.54, 1.807) is 0 Å². The molecule has 0 amide bonds. The van der Waals surface area contributed by atoms with Gasteiger partial charge in [-0.2, -0.15) is 0 Å². The Labute approximate surface area is 95.6 Å². The van der Waals surface area contributed by atoms with Crippen LogP contribution in [0.5, 0.6) is 0 Å². The van der Waals surface area contributed by atoms with Crippen LogP contribution in [0.3, 0.4) is 0 Å². The third-order valence-electron chi connectivity index (χ3n) is 3.30. The molecule has 1 aliphatic carbocycles. The van der Waals surface area contributed by atoms with E-state index in [0.29, 0.717) is 5.56 Å². The summed E-state index contributed by atoms with van der Waals surface area (Å²) in [7, 11) is 1.40. The molecule has 0 bridgehead atoms. The minimum absolute atomic E-state index is 0.208. The highest BCUT2D eigenvalue weighted by atomic mass is 16.5. The van der Waals surface area contributed by atoms with E-state index in [2.05, 4.69) is 0 Å². The molecule has 3 heteroatoms. The number of carbonyl (C=O) groups excluding carboxylic acids is 1. The molecule has 0 aliphatic heterocycles. The number of carbonyl (C=O) groups is 1. The second kappa shape index (κ2) is 3.59. The molecule has 86 valence electrons. The molecule has 1 aromatic carbocycles. The Morgan fingerprint density at radius 1 is 1.31 bits per heavy atom. The number of aryl methyl sites for hydroxylation is 2. The first-order chi connectivity index (χ1) is 7.48. The molecule has 2 N–H and O–H groups in total. The van der Waals surface area contributed by atoms with Gasteiger partial charge in [0, 0.05) is 5.54 Å². The zero-order valence-electron chi connectivity index (χ0n) is 9.96. The van der Waals surface area contributed by atoms with Crippen LogP contribution in [0.1, 0.15) is 39.9 Å². The molecule has 3 nitrogen and oxygen atoms in total. The van der Waals surface area contributed by atoms with Gasteiger partial charge in [-0.25, -0.2) is 4.79 Å². The van der Waals surface area contributed by atoms with E-state index < -0.39 is 0 Å². The number of hydrogen-bond acceptors (Lipinski definition) is 3. The molecule has 0 aromatic heterocycles. The highest BCUT2D eigenvalue weighted by Gasteiger charge is 2.41. The topological polar surface area (TPSA) is 52.3 Å². The predicted octanol–water partition coefficient (Wildman–Crippen LogP) is 2.04. The molecule has 0 spiro atoms. The lowest BCUT2D eigenvalue weighted by atomic mass is 9.94. The number of nitrogens with two attached hydrogens (primary N) is 1. The van der Waals surface area contributed by atoms with Gasteiger partial charge in [0.25, 0.3) is 0 Å². The van der Waals surface area contributed by atoms with E-state index in [9.17, 15) is 4.79 Å². The van der Waals surface area contributed by atoms with Crippen LogP contribution in [0.4, 0.5) is 0 Å². The average molecular weight is 219 g/mol. The van der Waals surface area contributed by atoms with Crippen molar-refractivity contribution in [1.82, 2.24) is 0 Å². The van der Waals surface area contributed by atoms with Crippen molar-refractivity contribution in [2.24, 2.45) is 5.73 Å². The number of rotatable bonds is 2. The molecule has 1 aromatic rings. The molecule has 1 aliphatic rings. The van der Waals surface area contributed by atoms with Crippen LogP contribution in [-0.4, -0.2) is 13.1 Å². The summed E-state index contributed by atoms with van der Waals surface area (Å²) >= 11 is 0. The molecule has 0 unspecified atom stereocenters. The molecular formula is C13H17NO2. The van der Waals surface area contributed by atoms with Gasteiger partial charge in [-0.1, -0.05) is 6.07 Å². The first kappa shape index (κ1) is 11.1. The maximum Gasteiger partial charge on any atom is 0.338 e. The van der Waals surface area contributed by atoms with Crippen molar-refractivity contribution < 1.29 is 9.53 Å². The molecule has 1 fully saturated rings. The summed E-state index contributed by atoms with van der Waals surface area (Å²) in [5.74, 6) is -0.289. The van der Waals surface area contributed by atoms with Crippen molar-refractivity contribution in [3.05, 3.63) is 34.4 Å². The Morgan fingerprint density at radius 3 is 2.44 bits per heavy atom. The Kier molecular flexibility index (Phi) is 2.50. The van der Waals surface area contributed by atoms with Crippen LogP contribution in [0.15, 0.2) is 12.1 Å². The molecule has 0 heterocycles. The number of benzene rings is 1. The second-order valence-electron chi connectivity index (χ2n) is 4.63. The van der Waals surface area contributed by atoms with Gasteiger partial charge in [0.1, 0.15) is 0 Å². The summed E-state index contributed by atoms with van der Waals surface area (Å²) in [5.41, 5.74) is 9.78. The van der Waals surface area contributed by atoms with Crippen molar-refractivity contribution in [1.29, 1.82) is 0 Å². The van der Waals surface area contributed by atoms with Gasteiger partial charge in [-0.3, -0.25) is 0 Å². The summed E-state index contributed by atoms with van der Waals surface area (Å²) < 4.78 is 4.77. The normalized spacial score (nSPS) is 17.0. The maximum atomic E-state index is 11.6. The maximum absolute atomic E-state index is 11.6. The van der Waals surface area contributed by atoms with Gasteiger partial charge in [-0.05, 0) is 49.4 Å². The quantitative estimate of drug-likeness (QED) is 0.774. The Balaban J connectivity index is 2.51. The summed E-state index contributed by atoms with van der Waals surface area (Å²) in [4.78, 5) is 11.6. The van der Waals surface area contributed by atoms with E-state index in [1.165, 1.54) is 7.11 Å². The van der Waals surface area contributed by atoms with Crippen molar-refractivity contribution in [2.45, 2.75) is 32.2 Å². The highest BCUT2D eigenvalue weighted by Crippen LogP contribution is 2.44. The fourth-order valence-electron chi connectivity index (χ4n) is 2.12. The first-order valence-electron chi connectivity index (χ1n) is 5.47. The minimum Gasteiger partial charge on any atom is -0.465 e. The molecule has 0 atom stereocenters. The lowest BCUT2D eigenvalue weighted by molar-refractivity contribution is 0.0600. The summed E-state index contributed by atoms with van der Waals surface area (Å²) in [6.07, 6.45) is 2.00. The molecule has 1 saturated carbocycles. The van der Waals surface area contributed by atoms with Crippen LogP contribution in [0.2, 0.25) is 0 Å². The molecular weight excluding hydrogens is 202 g/mol. The summed E-state index contributed by atoms with van der Waals surface area (Å²) in [5, 5.41) is 0. The number of methoxy groups -OCH3 is 1. The second-order valence-corrected chi connectivity index (χ2v) is 4.63. The van der Waals surface area contributed by atoms with Crippen molar-refractivity contribution in [3.63, 3.8) is 0 Å². The van der Waals surface area contributed by atoms with Crippen molar-refractivity contribution in [3.8, 4) is 0 Å². The van der Waals surface area contributed by atoms with Gasteiger partial charge < -0.3 is 10.5 Å². The van der Waals surface area contributed by atoms with E-state index in [-0.39, 0.29) is 11.5 Å². The minimum atomic E-state index is -0.289. The third kappa shape index (κ3) is 1.71. The number of ether oxygens (including phenoxy) is 1. The summed E-state index contributed by atoms with van der Waals surface area (Å²) in [6.45, 7) is 3.95. The van der Waals surface area contributed by atoms with Crippen molar-refractivity contribution >= 4 is 5.97 Å². The zero-order chi connectivity index (χ0) is 11.9. The Morgan fingerprint density at radius 2 is 1.94 bits per heavy atom. The molecule has 0 saturated heterocycles. The standard InChI is InChI=1S/C13H17NO2/c1-8-6-9(2)11(13(14)4-5-13)7-10(8)12(15)16-3/h6-7H,4-5,14H2,1-3H3. The first-order valence-corrected chi connectivity index (χ1v) is 5.47. The fraction of sp³-hybridized carbons (Fsp3) is 0.462. The van der Waals surface area contributed by atoms with Crippen LogP contribution in [-0.2, 0) is 10.3 Å². The Hall–Kier alpha value is -1.35. The average Bonchev–Trinajstić information content (AvgIpc) is 2.96. The van der Waals surface area contributed by atoms with E-state index >= 15 is 0 Å². The third-order valence-corrected chi connectivity index (χ3v) is 3.30. The van der Waals surface area contributed by atoms with Crippen LogP contribution < -0.4 is 5.73 Å². The Bertz CT molecular complexity index is 447. The van der Waals surface area contributed by atoms with E-state index in [0.717, 1.165) is 29.5 Å². The molecule has 2 rings (SSSR count). The van der Waals surface area contributed by atoms with Gasteiger partial charge in [0.2, 0.25) is 0 Å². The lowest BCUT2D eigenvalue weighted by Gasteiger charge is -2.15. The lowest BCUT2D eigenvalue weighted by Crippen LogP contribution is -2.21. The zero-order valence-corrected chi connectivity index (χ0v) is 9.96. The fourth-order valence-corrected chi connectivity index (χ4v) is 2.12. The number of esters is 1. The van der Waals surface area contributed by atoms with Gasteiger partial charge in [0.05, 0.1) is 12.7 Å². The van der Waals surface area contributed by atoms with Gasteiger partial charge >= 0.3 is 5.97 Å². The van der Waals surface area contributed by atoms with Crippen LogP contribution in [0, 0.1) is 13.8 Å². The predicted molar refractivity (Wildman–Crippen MR) is 62.4 cm³/mol.